The molecular formula is C23H34FNO4. The quantitative estimate of drug-likeness (QED) is 0.626. The predicted octanol–water partition coefficient (Wildman–Crippen LogP) is 4.37. The molecule has 1 aromatic carbocycles. The molecule has 2 fully saturated rings. The van der Waals surface area contributed by atoms with Crippen LogP contribution in [0.4, 0.5) is 4.39 Å². The zero-order chi connectivity index (χ0) is 20.9. The Hall–Kier alpha value is -1.66. The van der Waals surface area contributed by atoms with E-state index in [2.05, 4.69) is 12.2 Å². The molecular weight excluding hydrogens is 373 g/mol. The van der Waals surface area contributed by atoms with Crippen LogP contribution in [0.1, 0.15) is 64.9 Å². The smallest absolute Gasteiger partial charge is 0.217 e. The highest BCUT2D eigenvalue weighted by Gasteiger charge is 2.38. The number of carbonyl (C=O) groups is 1. The molecule has 0 unspecified atom stereocenters. The maximum Gasteiger partial charge on any atom is 0.217 e. The van der Waals surface area contributed by atoms with Crippen LogP contribution in [0.5, 0.6) is 5.75 Å². The lowest BCUT2D eigenvalue weighted by Gasteiger charge is -2.29. The van der Waals surface area contributed by atoms with Crippen molar-refractivity contribution in [2.45, 2.75) is 84.2 Å². The number of halogens is 1. The van der Waals surface area contributed by atoms with Crippen LogP contribution in [-0.2, 0) is 20.9 Å². The molecule has 1 N–H and O–H groups in total. The van der Waals surface area contributed by atoms with Gasteiger partial charge in [0.15, 0.2) is 0 Å². The van der Waals surface area contributed by atoms with E-state index in [4.69, 9.17) is 14.2 Å². The Balaban J connectivity index is 1.35. The third-order valence-electron chi connectivity index (χ3n) is 5.84. The van der Waals surface area contributed by atoms with Crippen molar-refractivity contribution in [3.05, 3.63) is 29.6 Å². The largest absolute Gasteiger partial charge is 0.493 e. The first-order valence-electron chi connectivity index (χ1n) is 10.7. The molecule has 1 amide bonds. The highest BCUT2D eigenvalue weighted by Crippen LogP contribution is 2.45. The Labute approximate surface area is 173 Å². The van der Waals surface area contributed by atoms with Crippen molar-refractivity contribution < 1.29 is 23.4 Å². The van der Waals surface area contributed by atoms with Crippen molar-refractivity contribution in [2.24, 2.45) is 5.41 Å². The summed E-state index contributed by atoms with van der Waals surface area (Å²) in [5.41, 5.74) is 0.848. The molecule has 1 atom stereocenters. The highest BCUT2D eigenvalue weighted by molar-refractivity contribution is 5.73. The van der Waals surface area contributed by atoms with Crippen molar-refractivity contribution in [1.29, 1.82) is 0 Å². The van der Waals surface area contributed by atoms with E-state index in [1.165, 1.54) is 25.8 Å². The second-order valence-corrected chi connectivity index (χ2v) is 9.00. The third-order valence-corrected chi connectivity index (χ3v) is 5.84. The summed E-state index contributed by atoms with van der Waals surface area (Å²) in [5, 5.41) is 2.82. The standard InChI is InChI=1S/C23H34FNO4/c1-16(25-17(2)26)13-27-19-6-8-20(9-7-19)28-14-18-4-5-21(12-22(18)24)29-15-23(3)10-11-23/h4-5,12,16,19-20H,6-11,13-15H2,1-3H3,(H,25,26)/t16-,19?,20?/m0/s1. The summed E-state index contributed by atoms with van der Waals surface area (Å²) in [4.78, 5) is 11.0. The van der Waals surface area contributed by atoms with Crippen molar-refractivity contribution in [1.82, 2.24) is 5.32 Å². The van der Waals surface area contributed by atoms with E-state index in [1.807, 2.05) is 13.0 Å². The second-order valence-electron chi connectivity index (χ2n) is 9.00. The average Bonchev–Trinajstić information content (AvgIpc) is 3.42. The molecule has 2 aliphatic rings. The van der Waals surface area contributed by atoms with Gasteiger partial charge in [-0.2, -0.15) is 0 Å². The second kappa shape index (κ2) is 9.90. The number of nitrogens with one attached hydrogen (secondary N) is 1. The number of ether oxygens (including phenoxy) is 3. The van der Waals surface area contributed by atoms with Gasteiger partial charge in [-0.05, 0) is 51.5 Å². The minimum absolute atomic E-state index is 0.0172. The van der Waals surface area contributed by atoms with Gasteiger partial charge in [-0.3, -0.25) is 4.79 Å². The Morgan fingerprint density at radius 2 is 1.86 bits per heavy atom. The number of benzene rings is 1. The fourth-order valence-electron chi connectivity index (χ4n) is 3.59. The lowest BCUT2D eigenvalue weighted by Crippen LogP contribution is -2.36. The van der Waals surface area contributed by atoms with E-state index in [1.54, 1.807) is 6.07 Å². The van der Waals surface area contributed by atoms with E-state index in [0.29, 0.717) is 24.5 Å². The first-order chi connectivity index (χ1) is 13.8. The monoisotopic (exact) mass is 407 g/mol. The molecule has 2 aliphatic carbocycles. The third kappa shape index (κ3) is 7.27. The number of hydrogen-bond acceptors (Lipinski definition) is 4. The van der Waals surface area contributed by atoms with Gasteiger partial charge < -0.3 is 19.5 Å². The van der Waals surface area contributed by atoms with Crippen LogP contribution >= 0.6 is 0 Å². The maximum absolute atomic E-state index is 14.4. The maximum atomic E-state index is 14.4. The predicted molar refractivity (Wildman–Crippen MR) is 109 cm³/mol. The summed E-state index contributed by atoms with van der Waals surface area (Å²) < 4.78 is 31.9. The molecule has 29 heavy (non-hydrogen) atoms. The molecule has 162 valence electrons. The SMILES string of the molecule is CC(=O)N[C@@H](C)COC1CCC(OCc2ccc(OCC3(C)CC3)cc2F)CC1. The van der Waals surface area contributed by atoms with Gasteiger partial charge in [0.1, 0.15) is 11.6 Å². The van der Waals surface area contributed by atoms with E-state index in [-0.39, 0.29) is 42.0 Å². The molecule has 2 saturated carbocycles. The molecule has 3 rings (SSSR count). The van der Waals surface area contributed by atoms with Crippen LogP contribution in [-0.4, -0.2) is 37.4 Å². The summed E-state index contributed by atoms with van der Waals surface area (Å²) in [6.45, 7) is 7.09. The lowest BCUT2D eigenvalue weighted by molar-refractivity contribution is -0.120. The number of hydrogen-bond donors (Lipinski definition) is 1. The average molecular weight is 408 g/mol. The van der Waals surface area contributed by atoms with Gasteiger partial charge in [-0.15, -0.1) is 0 Å². The normalized spacial score (nSPS) is 24.0. The van der Waals surface area contributed by atoms with Crippen molar-refractivity contribution in [3.63, 3.8) is 0 Å². The van der Waals surface area contributed by atoms with Crippen molar-refractivity contribution >= 4 is 5.91 Å². The van der Waals surface area contributed by atoms with Crippen molar-refractivity contribution in [3.8, 4) is 5.75 Å². The van der Waals surface area contributed by atoms with Gasteiger partial charge in [0.25, 0.3) is 0 Å². The topological polar surface area (TPSA) is 56.8 Å². The molecule has 0 spiro atoms. The molecule has 0 saturated heterocycles. The van der Waals surface area contributed by atoms with Gasteiger partial charge in [0.05, 0.1) is 32.0 Å². The minimum Gasteiger partial charge on any atom is -0.493 e. The molecule has 0 heterocycles. The van der Waals surface area contributed by atoms with Crippen LogP contribution in [0.3, 0.4) is 0 Å². The van der Waals surface area contributed by atoms with E-state index >= 15 is 0 Å². The molecule has 0 radical (unpaired) electrons. The molecule has 1 aromatic rings. The summed E-state index contributed by atoms with van der Waals surface area (Å²) in [7, 11) is 0. The summed E-state index contributed by atoms with van der Waals surface area (Å²) in [6, 6.07) is 5.07. The number of amides is 1. The van der Waals surface area contributed by atoms with E-state index in [9.17, 15) is 9.18 Å². The van der Waals surface area contributed by atoms with E-state index < -0.39 is 0 Å². The van der Waals surface area contributed by atoms with Gasteiger partial charge in [-0.1, -0.05) is 13.0 Å². The molecule has 0 bridgehead atoms. The van der Waals surface area contributed by atoms with Crippen LogP contribution in [0, 0.1) is 11.2 Å². The first-order valence-corrected chi connectivity index (χ1v) is 10.7. The van der Waals surface area contributed by atoms with Crippen LogP contribution in [0.15, 0.2) is 18.2 Å². The van der Waals surface area contributed by atoms with Gasteiger partial charge in [0, 0.05) is 30.0 Å². The Morgan fingerprint density at radius 3 is 2.45 bits per heavy atom. The zero-order valence-electron chi connectivity index (χ0n) is 17.8. The molecule has 5 nitrogen and oxygen atoms in total. The Morgan fingerprint density at radius 1 is 1.21 bits per heavy atom. The number of rotatable bonds is 10. The molecule has 0 aliphatic heterocycles. The van der Waals surface area contributed by atoms with Gasteiger partial charge >= 0.3 is 0 Å². The number of carbonyl (C=O) groups excluding carboxylic acids is 1. The highest BCUT2D eigenvalue weighted by atomic mass is 19.1. The summed E-state index contributed by atoms with van der Waals surface area (Å²) in [6.07, 6.45) is 6.35. The van der Waals surface area contributed by atoms with Crippen LogP contribution < -0.4 is 10.1 Å². The van der Waals surface area contributed by atoms with Crippen LogP contribution in [0.25, 0.3) is 0 Å². The Kier molecular flexibility index (Phi) is 7.52. The van der Waals surface area contributed by atoms with Gasteiger partial charge in [0.2, 0.25) is 5.91 Å². The molecule has 6 heteroatoms. The van der Waals surface area contributed by atoms with E-state index in [0.717, 1.165) is 25.7 Å². The van der Waals surface area contributed by atoms with Gasteiger partial charge in [-0.25, -0.2) is 4.39 Å². The first kappa shape index (κ1) is 22.0. The summed E-state index contributed by atoms with van der Waals surface area (Å²) in [5.74, 6) is 0.278. The lowest BCUT2D eigenvalue weighted by atomic mass is 9.95. The zero-order valence-corrected chi connectivity index (χ0v) is 17.8. The Bertz CT molecular complexity index is 683. The van der Waals surface area contributed by atoms with Crippen LogP contribution in [0.2, 0.25) is 0 Å². The minimum atomic E-state index is -0.271. The fraction of sp³-hybridized carbons (Fsp3) is 0.696. The fourth-order valence-corrected chi connectivity index (χ4v) is 3.59. The van der Waals surface area contributed by atoms with Crippen molar-refractivity contribution in [2.75, 3.05) is 13.2 Å². The molecule has 0 aromatic heterocycles. The summed E-state index contributed by atoms with van der Waals surface area (Å²) >= 11 is 0.